The summed E-state index contributed by atoms with van der Waals surface area (Å²) in [5.41, 5.74) is 11.4. The number of rotatable bonds is 4. The molecule has 8 heteroatoms. The van der Waals surface area contributed by atoms with Crippen molar-refractivity contribution in [2.75, 3.05) is 0 Å². The number of aryl methyl sites for hydroxylation is 3. The molecule has 0 unspecified atom stereocenters. The zero-order chi connectivity index (χ0) is 26.1. The lowest BCUT2D eigenvalue weighted by atomic mass is 10.0. The summed E-state index contributed by atoms with van der Waals surface area (Å²) >= 11 is 3.48. The van der Waals surface area contributed by atoms with Crippen molar-refractivity contribution < 1.29 is 14.1 Å². The number of hydrogen-bond acceptors (Lipinski definition) is 5. The number of amides is 2. The summed E-state index contributed by atoms with van der Waals surface area (Å²) < 4.78 is 6.09. The molecule has 2 heterocycles. The van der Waals surface area contributed by atoms with E-state index in [1.54, 1.807) is 13.0 Å². The lowest BCUT2D eigenvalue weighted by molar-refractivity contribution is 0.0847. The first kappa shape index (κ1) is 24.4. The van der Waals surface area contributed by atoms with E-state index in [2.05, 4.69) is 31.9 Å². The molecule has 2 amide bonds. The van der Waals surface area contributed by atoms with Crippen LogP contribution < -0.4 is 10.9 Å². The molecule has 2 N–H and O–H groups in total. The summed E-state index contributed by atoms with van der Waals surface area (Å²) in [6.07, 6.45) is 0. The average Bonchev–Trinajstić information content (AvgIpc) is 3.30. The van der Waals surface area contributed by atoms with E-state index >= 15 is 0 Å². The van der Waals surface area contributed by atoms with Gasteiger partial charge in [-0.05, 0) is 62.2 Å². The molecule has 0 saturated heterocycles. The lowest BCUT2D eigenvalue weighted by Crippen LogP contribution is -2.42. The van der Waals surface area contributed by atoms with Crippen LogP contribution in [0, 0.1) is 20.8 Å². The van der Waals surface area contributed by atoms with E-state index in [0.717, 1.165) is 21.2 Å². The Morgan fingerprint density at radius 3 is 2.32 bits per heavy atom. The van der Waals surface area contributed by atoms with Crippen molar-refractivity contribution in [3.05, 3.63) is 105 Å². The van der Waals surface area contributed by atoms with Crippen LogP contribution in [0.5, 0.6) is 0 Å². The molecule has 5 aromatic rings. The Morgan fingerprint density at radius 1 is 0.811 bits per heavy atom. The number of carbonyl (C=O) groups is 2. The van der Waals surface area contributed by atoms with Crippen LogP contribution in [-0.2, 0) is 0 Å². The van der Waals surface area contributed by atoms with Crippen LogP contribution >= 0.6 is 15.9 Å². The third-order valence-electron chi connectivity index (χ3n) is 6.24. The van der Waals surface area contributed by atoms with Crippen LogP contribution in [0.3, 0.4) is 0 Å². The van der Waals surface area contributed by atoms with Gasteiger partial charge in [-0.3, -0.25) is 20.4 Å². The van der Waals surface area contributed by atoms with Gasteiger partial charge in [0, 0.05) is 21.0 Å². The highest BCUT2D eigenvalue weighted by Gasteiger charge is 2.23. The van der Waals surface area contributed by atoms with Gasteiger partial charge in [0.2, 0.25) is 0 Å². The number of hydrazine groups is 1. The van der Waals surface area contributed by atoms with E-state index in [0.29, 0.717) is 33.6 Å². The number of pyridine rings is 1. The lowest BCUT2D eigenvalue weighted by Gasteiger charge is -2.12. The van der Waals surface area contributed by atoms with E-state index in [-0.39, 0.29) is 5.56 Å². The molecular weight excluding hydrogens is 532 g/mol. The standard InChI is InChI=1S/C29H23BrN4O3/c1-16-9-10-20(13-17(16)2)25-15-23(22-14-21(30)11-12-24(22)31-25)28(35)32-33-29(36)26-18(3)37-34-27(26)19-7-5-4-6-8-19/h4-15H,1-3H3,(H,32,35)(H,33,36). The summed E-state index contributed by atoms with van der Waals surface area (Å²) in [7, 11) is 0. The minimum atomic E-state index is -0.528. The Kier molecular flexibility index (Phi) is 6.58. The Balaban J connectivity index is 1.47. The van der Waals surface area contributed by atoms with E-state index in [1.165, 1.54) is 5.56 Å². The van der Waals surface area contributed by atoms with Crippen molar-refractivity contribution in [1.82, 2.24) is 21.0 Å². The summed E-state index contributed by atoms with van der Waals surface area (Å²) in [6, 6.07) is 22.6. The Hall–Kier alpha value is -4.30. The fourth-order valence-corrected chi connectivity index (χ4v) is 4.47. The second-order valence-corrected chi connectivity index (χ2v) is 9.67. The van der Waals surface area contributed by atoms with Crippen molar-refractivity contribution >= 4 is 38.6 Å². The number of fused-ring (bicyclic) bond motifs is 1. The van der Waals surface area contributed by atoms with Gasteiger partial charge in [0.25, 0.3) is 11.8 Å². The quantitative estimate of drug-likeness (QED) is 0.253. The molecule has 2 aromatic heterocycles. The fourth-order valence-electron chi connectivity index (χ4n) is 4.11. The molecule has 0 aliphatic carbocycles. The third-order valence-corrected chi connectivity index (χ3v) is 6.74. The van der Waals surface area contributed by atoms with Gasteiger partial charge in [-0.2, -0.15) is 0 Å². The molecule has 3 aromatic carbocycles. The van der Waals surface area contributed by atoms with Crippen molar-refractivity contribution in [2.45, 2.75) is 20.8 Å². The number of hydrogen-bond donors (Lipinski definition) is 2. The number of halogens is 1. The van der Waals surface area contributed by atoms with Gasteiger partial charge < -0.3 is 4.52 Å². The molecule has 0 spiro atoms. The fraction of sp³-hybridized carbons (Fsp3) is 0.103. The number of nitrogens with one attached hydrogen (secondary N) is 2. The maximum absolute atomic E-state index is 13.4. The molecule has 184 valence electrons. The van der Waals surface area contributed by atoms with Gasteiger partial charge in [-0.25, -0.2) is 4.98 Å². The Labute approximate surface area is 222 Å². The maximum atomic E-state index is 13.4. The van der Waals surface area contributed by atoms with Crippen LogP contribution in [-0.4, -0.2) is 22.0 Å². The summed E-state index contributed by atoms with van der Waals surface area (Å²) in [4.78, 5) is 31.3. The second kappa shape index (κ2) is 9.99. The van der Waals surface area contributed by atoms with Gasteiger partial charge in [-0.15, -0.1) is 0 Å². The van der Waals surface area contributed by atoms with Gasteiger partial charge in [-0.1, -0.05) is 63.6 Å². The molecule has 37 heavy (non-hydrogen) atoms. The first-order valence-electron chi connectivity index (χ1n) is 11.6. The highest BCUT2D eigenvalue weighted by atomic mass is 79.9. The van der Waals surface area contributed by atoms with Crippen molar-refractivity contribution in [3.63, 3.8) is 0 Å². The third kappa shape index (κ3) is 4.88. The van der Waals surface area contributed by atoms with Gasteiger partial charge in [0.15, 0.2) is 0 Å². The highest BCUT2D eigenvalue weighted by Crippen LogP contribution is 2.29. The van der Waals surface area contributed by atoms with Crippen LogP contribution in [0.25, 0.3) is 33.4 Å². The first-order valence-corrected chi connectivity index (χ1v) is 12.4. The van der Waals surface area contributed by atoms with E-state index in [1.807, 2.05) is 80.6 Å². The summed E-state index contributed by atoms with van der Waals surface area (Å²) in [5, 5.41) is 4.69. The van der Waals surface area contributed by atoms with Gasteiger partial charge >= 0.3 is 0 Å². The minimum absolute atomic E-state index is 0.254. The molecule has 0 saturated carbocycles. The molecule has 0 aliphatic heterocycles. The molecule has 0 fully saturated rings. The van der Waals surface area contributed by atoms with Gasteiger partial charge in [0.05, 0.1) is 16.8 Å². The second-order valence-electron chi connectivity index (χ2n) is 8.75. The van der Waals surface area contributed by atoms with Gasteiger partial charge in [0.1, 0.15) is 17.0 Å². The Bertz CT molecular complexity index is 1660. The van der Waals surface area contributed by atoms with Crippen molar-refractivity contribution in [1.29, 1.82) is 0 Å². The monoisotopic (exact) mass is 554 g/mol. The van der Waals surface area contributed by atoms with E-state index in [9.17, 15) is 9.59 Å². The topological polar surface area (TPSA) is 97.1 Å². The van der Waals surface area contributed by atoms with Crippen molar-refractivity contribution in [3.8, 4) is 22.5 Å². The smallest absolute Gasteiger partial charge is 0.275 e. The predicted molar refractivity (Wildman–Crippen MR) is 146 cm³/mol. The Morgan fingerprint density at radius 2 is 1.57 bits per heavy atom. The molecule has 5 rings (SSSR count). The highest BCUT2D eigenvalue weighted by molar-refractivity contribution is 9.10. The van der Waals surface area contributed by atoms with E-state index in [4.69, 9.17) is 9.51 Å². The molecule has 0 bridgehead atoms. The SMILES string of the molecule is Cc1ccc(-c2cc(C(=O)NNC(=O)c3c(-c4ccccc4)noc3C)c3cc(Br)ccc3n2)cc1C. The molecule has 0 aliphatic rings. The number of carbonyl (C=O) groups excluding carboxylic acids is 2. The molecule has 0 atom stereocenters. The first-order chi connectivity index (χ1) is 17.8. The van der Waals surface area contributed by atoms with E-state index < -0.39 is 11.8 Å². The summed E-state index contributed by atoms with van der Waals surface area (Å²) in [6.45, 7) is 5.74. The minimum Gasteiger partial charge on any atom is -0.360 e. The zero-order valence-corrected chi connectivity index (χ0v) is 22.0. The zero-order valence-electron chi connectivity index (χ0n) is 20.4. The largest absolute Gasteiger partial charge is 0.360 e. The van der Waals surface area contributed by atoms with Crippen LogP contribution in [0.2, 0.25) is 0 Å². The predicted octanol–water partition coefficient (Wildman–Crippen LogP) is 6.32. The van der Waals surface area contributed by atoms with Crippen LogP contribution in [0.15, 0.2) is 81.8 Å². The van der Waals surface area contributed by atoms with Crippen LogP contribution in [0.4, 0.5) is 0 Å². The average molecular weight is 555 g/mol. The molecular formula is C29H23BrN4O3. The van der Waals surface area contributed by atoms with Crippen LogP contribution in [0.1, 0.15) is 37.6 Å². The van der Waals surface area contributed by atoms with Crippen molar-refractivity contribution in [2.24, 2.45) is 0 Å². The summed E-state index contributed by atoms with van der Waals surface area (Å²) in [5.74, 6) is -0.653. The number of benzene rings is 3. The molecule has 7 nitrogen and oxygen atoms in total. The molecule has 0 radical (unpaired) electrons. The number of nitrogens with zero attached hydrogens (tertiary/aromatic N) is 2. The number of aromatic nitrogens is 2. The maximum Gasteiger partial charge on any atom is 0.275 e. The normalized spacial score (nSPS) is 10.9.